The van der Waals surface area contributed by atoms with Crippen molar-refractivity contribution in [3.8, 4) is 11.8 Å². The third-order valence-electron chi connectivity index (χ3n) is 4.96. The summed E-state index contributed by atoms with van der Waals surface area (Å²) in [5, 5.41) is 18.3. The van der Waals surface area contributed by atoms with Gasteiger partial charge in [-0.1, -0.05) is 36.4 Å². The molecule has 1 aliphatic heterocycles. The van der Waals surface area contributed by atoms with Crippen LogP contribution in [-0.2, 0) is 9.53 Å². The van der Waals surface area contributed by atoms with Gasteiger partial charge in [0, 0.05) is 13.1 Å². The number of allylic oxidation sites excluding steroid dienone is 1. The second-order valence-corrected chi connectivity index (χ2v) is 6.98. The molecule has 3 aromatic rings. The number of morpholine rings is 1. The monoisotopic (exact) mass is 417 g/mol. The van der Waals surface area contributed by atoms with Gasteiger partial charge >= 0.3 is 0 Å². The average Bonchev–Trinajstić information content (AvgIpc) is 3.25. The molecule has 0 spiro atoms. The molecule has 1 atom stereocenters. The number of hydrogen-bond acceptors (Lipinski definition) is 6. The molecular weight excluding hydrogens is 397 g/mol. The van der Waals surface area contributed by atoms with Crippen molar-refractivity contribution in [2.75, 3.05) is 31.2 Å². The number of carbonyl (C=O) groups is 1. The van der Waals surface area contributed by atoms with Crippen molar-refractivity contribution < 1.29 is 13.9 Å². The Balaban J connectivity index is 1.69. The lowest BCUT2D eigenvalue weighted by atomic mass is 10.0. The van der Waals surface area contributed by atoms with E-state index in [4.69, 9.17) is 4.74 Å². The number of nitriles is 1. The van der Waals surface area contributed by atoms with Crippen LogP contribution >= 0.6 is 0 Å². The largest absolute Gasteiger partial charge is 0.378 e. The number of halogens is 1. The van der Waals surface area contributed by atoms with Gasteiger partial charge in [-0.05, 0) is 35.9 Å². The van der Waals surface area contributed by atoms with Crippen molar-refractivity contribution in [2.24, 2.45) is 0 Å². The molecule has 1 aliphatic rings. The number of anilines is 1. The van der Waals surface area contributed by atoms with Crippen LogP contribution in [0.2, 0.25) is 0 Å². The van der Waals surface area contributed by atoms with Crippen LogP contribution in [0, 0.1) is 17.1 Å². The number of carbonyl (C=O) groups excluding carboxylic acids is 1. The Hall–Kier alpha value is -3.83. The maximum absolute atomic E-state index is 13.1. The first-order chi connectivity index (χ1) is 15.2. The van der Waals surface area contributed by atoms with Crippen molar-refractivity contribution in [3.63, 3.8) is 0 Å². The normalized spacial score (nSPS) is 15.0. The van der Waals surface area contributed by atoms with Gasteiger partial charge in [0.25, 0.3) is 0 Å². The Morgan fingerprint density at radius 1 is 1.10 bits per heavy atom. The third-order valence-corrected chi connectivity index (χ3v) is 4.96. The molecule has 31 heavy (non-hydrogen) atoms. The molecule has 0 amide bonds. The zero-order chi connectivity index (χ0) is 21.6. The van der Waals surface area contributed by atoms with Gasteiger partial charge in [-0.2, -0.15) is 5.26 Å². The van der Waals surface area contributed by atoms with E-state index in [1.807, 2.05) is 35.2 Å². The molecule has 0 aliphatic carbocycles. The van der Waals surface area contributed by atoms with Crippen molar-refractivity contribution in [3.05, 3.63) is 77.9 Å². The maximum Gasteiger partial charge on any atom is 0.232 e. The first-order valence-corrected chi connectivity index (χ1v) is 9.88. The zero-order valence-corrected chi connectivity index (χ0v) is 16.7. The summed E-state index contributed by atoms with van der Waals surface area (Å²) in [5.74, 6) is -1.10. The third kappa shape index (κ3) is 4.52. The summed E-state index contributed by atoms with van der Waals surface area (Å²) in [6.45, 7) is 2.41. The van der Waals surface area contributed by atoms with Gasteiger partial charge in [0.1, 0.15) is 5.82 Å². The second kappa shape index (κ2) is 9.32. The van der Waals surface area contributed by atoms with E-state index in [1.165, 1.54) is 18.2 Å². The highest BCUT2D eigenvalue weighted by molar-refractivity contribution is 6.00. The fraction of sp³-hybridized carbons (Fsp3) is 0.217. The van der Waals surface area contributed by atoms with Crippen LogP contribution < -0.4 is 4.90 Å². The minimum Gasteiger partial charge on any atom is -0.378 e. The molecule has 2 heterocycles. The number of ether oxygens (including phenoxy) is 1. The predicted octanol–water partition coefficient (Wildman–Crippen LogP) is 3.13. The summed E-state index contributed by atoms with van der Waals surface area (Å²) >= 11 is 0. The minimum absolute atomic E-state index is 0.254. The van der Waals surface area contributed by atoms with Gasteiger partial charge in [-0.3, -0.25) is 9.36 Å². The number of ketones is 1. The van der Waals surface area contributed by atoms with Gasteiger partial charge in [0.15, 0.2) is 17.5 Å². The van der Waals surface area contributed by atoms with E-state index in [1.54, 1.807) is 22.8 Å². The molecule has 1 unspecified atom stereocenters. The van der Waals surface area contributed by atoms with E-state index in [9.17, 15) is 14.4 Å². The van der Waals surface area contributed by atoms with E-state index in [0.29, 0.717) is 37.8 Å². The van der Waals surface area contributed by atoms with Crippen molar-refractivity contribution >= 4 is 17.8 Å². The lowest BCUT2D eigenvalue weighted by Gasteiger charge is -2.28. The molecule has 8 heteroatoms. The van der Waals surface area contributed by atoms with Crippen LogP contribution in [0.25, 0.3) is 11.8 Å². The zero-order valence-electron chi connectivity index (χ0n) is 16.7. The summed E-state index contributed by atoms with van der Waals surface area (Å²) in [7, 11) is 0. The molecule has 4 rings (SSSR count). The Bertz CT molecular complexity index is 1110. The van der Waals surface area contributed by atoms with Crippen molar-refractivity contribution in [1.29, 1.82) is 5.26 Å². The number of nitrogens with zero attached hydrogens (tertiary/aromatic N) is 5. The summed E-state index contributed by atoms with van der Waals surface area (Å²) in [4.78, 5) is 14.9. The van der Waals surface area contributed by atoms with E-state index >= 15 is 0 Å². The Kier molecular flexibility index (Phi) is 6.15. The second-order valence-electron chi connectivity index (χ2n) is 6.98. The Morgan fingerprint density at radius 2 is 1.81 bits per heavy atom. The van der Waals surface area contributed by atoms with E-state index in [0.717, 1.165) is 5.69 Å². The van der Waals surface area contributed by atoms with Gasteiger partial charge in [-0.15, -0.1) is 10.2 Å². The first-order valence-electron chi connectivity index (χ1n) is 9.88. The number of para-hydroxylation sites is 1. The number of rotatable bonds is 6. The summed E-state index contributed by atoms with van der Waals surface area (Å²) < 4.78 is 20.3. The number of hydrogen-bond donors (Lipinski definition) is 0. The lowest BCUT2D eigenvalue weighted by molar-refractivity contribution is -0.115. The lowest BCUT2D eigenvalue weighted by Crippen LogP contribution is -2.38. The van der Waals surface area contributed by atoms with Crippen LogP contribution in [0.15, 0.2) is 60.7 Å². The van der Waals surface area contributed by atoms with Crippen molar-refractivity contribution in [1.82, 2.24) is 14.8 Å². The summed E-state index contributed by atoms with van der Waals surface area (Å²) in [6.07, 6.45) is 2.87. The standard InChI is InChI=1S/C23H20FN5O2/c24-18-9-6-17(7-10-18)8-11-21(30)20(16-25)22-26-27-23(28-12-14-31-15-13-28)29(22)19-4-2-1-3-5-19/h1-11,20H,12-15H2. The molecule has 7 nitrogen and oxygen atoms in total. The highest BCUT2D eigenvalue weighted by atomic mass is 19.1. The maximum atomic E-state index is 13.1. The molecule has 0 saturated carbocycles. The van der Waals surface area contributed by atoms with Crippen LogP contribution in [0.1, 0.15) is 17.3 Å². The molecule has 1 saturated heterocycles. The first kappa shape index (κ1) is 20.4. The topological polar surface area (TPSA) is 84.0 Å². The van der Waals surface area contributed by atoms with Crippen LogP contribution in [0.3, 0.4) is 0 Å². The molecule has 2 aromatic carbocycles. The van der Waals surface area contributed by atoms with Gasteiger partial charge < -0.3 is 9.64 Å². The van der Waals surface area contributed by atoms with E-state index in [2.05, 4.69) is 16.3 Å². The molecule has 0 radical (unpaired) electrons. The smallest absolute Gasteiger partial charge is 0.232 e. The van der Waals surface area contributed by atoms with Gasteiger partial charge in [-0.25, -0.2) is 4.39 Å². The molecule has 0 N–H and O–H groups in total. The fourth-order valence-electron chi connectivity index (χ4n) is 3.36. The van der Waals surface area contributed by atoms with E-state index < -0.39 is 11.7 Å². The average molecular weight is 417 g/mol. The van der Waals surface area contributed by atoms with Crippen LogP contribution in [0.4, 0.5) is 10.3 Å². The quantitative estimate of drug-likeness (QED) is 0.573. The van der Waals surface area contributed by atoms with Gasteiger partial charge in [0.2, 0.25) is 5.95 Å². The minimum atomic E-state index is -1.14. The Morgan fingerprint density at radius 3 is 2.48 bits per heavy atom. The van der Waals surface area contributed by atoms with Crippen molar-refractivity contribution in [2.45, 2.75) is 5.92 Å². The van der Waals surface area contributed by atoms with E-state index in [-0.39, 0.29) is 11.6 Å². The molecular formula is C23H20FN5O2. The molecule has 156 valence electrons. The van der Waals surface area contributed by atoms with Crippen LogP contribution in [-0.4, -0.2) is 46.9 Å². The summed E-state index contributed by atoms with van der Waals surface area (Å²) in [6, 6.07) is 17.2. The summed E-state index contributed by atoms with van der Waals surface area (Å²) in [5.41, 5.74) is 1.42. The number of benzene rings is 2. The molecule has 0 bridgehead atoms. The predicted molar refractivity (Wildman–Crippen MR) is 113 cm³/mol. The Labute approximate surface area is 179 Å². The highest BCUT2D eigenvalue weighted by Crippen LogP contribution is 2.26. The number of aromatic nitrogens is 3. The molecule has 1 fully saturated rings. The SMILES string of the molecule is N#CC(C(=O)C=Cc1ccc(F)cc1)c1nnc(N2CCOCC2)n1-c1ccccc1. The molecule has 1 aromatic heterocycles. The van der Waals surface area contributed by atoms with Gasteiger partial charge in [0.05, 0.1) is 25.0 Å². The fourth-order valence-corrected chi connectivity index (χ4v) is 3.36. The highest BCUT2D eigenvalue weighted by Gasteiger charge is 2.29. The van der Waals surface area contributed by atoms with Crippen LogP contribution in [0.5, 0.6) is 0 Å².